The highest BCUT2D eigenvalue weighted by molar-refractivity contribution is 7.99. The third-order valence-electron chi connectivity index (χ3n) is 4.83. The second-order valence-electron chi connectivity index (χ2n) is 6.87. The molecule has 1 fully saturated rings. The topological polar surface area (TPSA) is 59.8 Å². The maximum Gasteiger partial charge on any atom is 0.234 e. The van der Waals surface area contributed by atoms with Crippen molar-refractivity contribution < 1.29 is 4.79 Å². The Morgan fingerprint density at radius 1 is 1.37 bits per heavy atom. The average Bonchev–Trinajstić information content (AvgIpc) is 3.07. The molecule has 1 aliphatic carbocycles. The number of carbonyl (C=O) groups is 1. The lowest BCUT2D eigenvalue weighted by atomic mass is 9.89. The zero-order valence-corrected chi connectivity index (χ0v) is 17.2. The third-order valence-corrected chi connectivity index (χ3v) is 6.04. The summed E-state index contributed by atoms with van der Waals surface area (Å²) in [5.74, 6) is 1.68. The van der Waals surface area contributed by atoms with Crippen molar-refractivity contribution in [1.82, 2.24) is 14.8 Å². The lowest BCUT2D eigenvalue weighted by molar-refractivity contribution is -0.113. The van der Waals surface area contributed by atoms with E-state index >= 15 is 0 Å². The summed E-state index contributed by atoms with van der Waals surface area (Å²) in [6, 6.07) is 5.47. The fraction of sp³-hybridized carbons (Fsp3) is 0.450. The quantitative estimate of drug-likeness (QED) is 0.508. The Bertz CT molecular complexity index is 814. The van der Waals surface area contributed by atoms with Gasteiger partial charge in [0.25, 0.3) is 0 Å². The number of nitrogens with zero attached hydrogens (tertiary/aromatic N) is 3. The number of allylic oxidation sites excluding steroid dienone is 1. The van der Waals surface area contributed by atoms with Gasteiger partial charge in [-0.25, -0.2) is 0 Å². The standard InChI is InChI=1S/C20H25ClN4OS/c1-3-11-25-19(15-7-5-4-6-8-15)23-24-20(25)27-13-18(26)22-17-12-16(21)10-9-14(17)2/h3,9-10,12,15H,1,4-8,11,13H2,2H3,(H,22,26). The molecule has 1 saturated carbocycles. The van der Waals surface area contributed by atoms with Crippen molar-refractivity contribution in [1.29, 1.82) is 0 Å². The van der Waals surface area contributed by atoms with Gasteiger partial charge in [0, 0.05) is 23.2 Å². The van der Waals surface area contributed by atoms with Crippen LogP contribution in [0, 0.1) is 6.92 Å². The molecule has 0 unspecified atom stereocenters. The van der Waals surface area contributed by atoms with E-state index in [0.717, 1.165) is 35.1 Å². The van der Waals surface area contributed by atoms with E-state index in [9.17, 15) is 4.79 Å². The Hall–Kier alpha value is -1.79. The number of halogens is 1. The lowest BCUT2D eigenvalue weighted by Gasteiger charge is -2.21. The summed E-state index contributed by atoms with van der Waals surface area (Å²) in [7, 11) is 0. The van der Waals surface area contributed by atoms with Crippen LogP contribution in [0.5, 0.6) is 0 Å². The fourth-order valence-corrected chi connectivity index (χ4v) is 4.34. The van der Waals surface area contributed by atoms with Crippen LogP contribution in [0.1, 0.15) is 49.4 Å². The molecule has 1 amide bonds. The van der Waals surface area contributed by atoms with Crippen LogP contribution in [0.4, 0.5) is 5.69 Å². The maximum atomic E-state index is 12.4. The molecule has 2 aromatic rings. The van der Waals surface area contributed by atoms with E-state index in [0.29, 0.717) is 17.5 Å². The number of benzene rings is 1. The van der Waals surface area contributed by atoms with E-state index in [2.05, 4.69) is 26.7 Å². The monoisotopic (exact) mass is 404 g/mol. The summed E-state index contributed by atoms with van der Waals surface area (Å²) in [5, 5.41) is 13.1. The van der Waals surface area contributed by atoms with Gasteiger partial charge in [-0.15, -0.1) is 16.8 Å². The molecule has 1 N–H and O–H groups in total. The fourth-order valence-electron chi connectivity index (χ4n) is 3.42. The number of hydrogen-bond donors (Lipinski definition) is 1. The van der Waals surface area contributed by atoms with Crippen molar-refractivity contribution in [2.75, 3.05) is 11.1 Å². The summed E-state index contributed by atoms with van der Waals surface area (Å²) in [6.07, 6.45) is 7.97. The molecule has 0 atom stereocenters. The molecule has 0 aliphatic heterocycles. The zero-order valence-electron chi connectivity index (χ0n) is 15.6. The lowest BCUT2D eigenvalue weighted by Crippen LogP contribution is -2.16. The summed E-state index contributed by atoms with van der Waals surface area (Å²) in [4.78, 5) is 12.4. The molecule has 0 bridgehead atoms. The number of hydrogen-bond acceptors (Lipinski definition) is 4. The molecule has 0 saturated heterocycles. The molecule has 144 valence electrons. The highest BCUT2D eigenvalue weighted by atomic mass is 35.5. The molecule has 7 heteroatoms. The Morgan fingerprint density at radius 3 is 2.89 bits per heavy atom. The summed E-state index contributed by atoms with van der Waals surface area (Å²) < 4.78 is 2.10. The first-order valence-electron chi connectivity index (χ1n) is 9.31. The van der Waals surface area contributed by atoms with Gasteiger partial charge >= 0.3 is 0 Å². The minimum absolute atomic E-state index is 0.0854. The Kier molecular flexibility index (Phi) is 6.96. The van der Waals surface area contributed by atoms with Crippen LogP contribution >= 0.6 is 23.4 Å². The van der Waals surface area contributed by atoms with E-state index in [4.69, 9.17) is 11.6 Å². The van der Waals surface area contributed by atoms with Crippen molar-refractivity contribution in [3.63, 3.8) is 0 Å². The van der Waals surface area contributed by atoms with Crippen LogP contribution in [0.25, 0.3) is 0 Å². The summed E-state index contributed by atoms with van der Waals surface area (Å²) >= 11 is 7.42. The summed E-state index contributed by atoms with van der Waals surface area (Å²) in [5.41, 5.74) is 1.72. The molecule has 1 aromatic heterocycles. The van der Waals surface area contributed by atoms with E-state index in [-0.39, 0.29) is 11.7 Å². The smallest absolute Gasteiger partial charge is 0.234 e. The van der Waals surface area contributed by atoms with Crippen LogP contribution < -0.4 is 5.32 Å². The number of carbonyl (C=O) groups excluding carboxylic acids is 1. The molecule has 0 radical (unpaired) electrons. The van der Waals surface area contributed by atoms with Gasteiger partial charge in [0.1, 0.15) is 5.82 Å². The van der Waals surface area contributed by atoms with Crippen molar-refractivity contribution in [2.45, 2.75) is 56.6 Å². The first-order chi connectivity index (χ1) is 13.1. The molecule has 5 nitrogen and oxygen atoms in total. The van der Waals surface area contributed by atoms with Crippen LogP contribution in [0.15, 0.2) is 36.0 Å². The first-order valence-corrected chi connectivity index (χ1v) is 10.7. The predicted molar refractivity (Wildman–Crippen MR) is 112 cm³/mol. The molecule has 3 rings (SSSR count). The molecule has 27 heavy (non-hydrogen) atoms. The van der Waals surface area contributed by atoms with Gasteiger partial charge in [-0.1, -0.05) is 54.8 Å². The highest BCUT2D eigenvalue weighted by Crippen LogP contribution is 2.33. The van der Waals surface area contributed by atoms with Crippen molar-refractivity contribution in [3.05, 3.63) is 47.3 Å². The number of aromatic nitrogens is 3. The summed E-state index contributed by atoms with van der Waals surface area (Å²) in [6.45, 7) is 6.46. The number of rotatable bonds is 7. The molecule has 0 spiro atoms. The van der Waals surface area contributed by atoms with E-state index < -0.39 is 0 Å². The number of amides is 1. The van der Waals surface area contributed by atoms with Gasteiger partial charge in [0.05, 0.1) is 5.75 Å². The normalized spacial score (nSPS) is 14.9. The van der Waals surface area contributed by atoms with Gasteiger partial charge in [-0.05, 0) is 37.5 Å². The van der Waals surface area contributed by atoms with Gasteiger partial charge in [-0.3, -0.25) is 4.79 Å². The van der Waals surface area contributed by atoms with Crippen LogP contribution in [-0.2, 0) is 11.3 Å². The van der Waals surface area contributed by atoms with E-state index in [1.165, 1.54) is 31.0 Å². The second kappa shape index (κ2) is 9.42. The molecule has 1 aromatic carbocycles. The number of thioether (sulfide) groups is 1. The van der Waals surface area contributed by atoms with Gasteiger partial charge < -0.3 is 9.88 Å². The highest BCUT2D eigenvalue weighted by Gasteiger charge is 2.23. The van der Waals surface area contributed by atoms with Crippen LogP contribution in [0.3, 0.4) is 0 Å². The number of anilines is 1. The maximum absolute atomic E-state index is 12.4. The van der Waals surface area contributed by atoms with E-state index in [1.54, 1.807) is 6.07 Å². The van der Waals surface area contributed by atoms with Gasteiger partial charge in [0.15, 0.2) is 5.16 Å². The molecule has 1 heterocycles. The minimum atomic E-state index is -0.0854. The van der Waals surface area contributed by atoms with Crippen LogP contribution in [0.2, 0.25) is 5.02 Å². The first kappa shape index (κ1) is 20.0. The van der Waals surface area contributed by atoms with Crippen molar-refractivity contribution in [3.8, 4) is 0 Å². The van der Waals surface area contributed by atoms with Gasteiger partial charge in [0.2, 0.25) is 5.91 Å². The Morgan fingerprint density at radius 2 is 2.15 bits per heavy atom. The van der Waals surface area contributed by atoms with Crippen molar-refractivity contribution in [2.24, 2.45) is 0 Å². The molecular weight excluding hydrogens is 380 g/mol. The molecule has 1 aliphatic rings. The average molecular weight is 405 g/mol. The van der Waals surface area contributed by atoms with Crippen molar-refractivity contribution >= 4 is 35.0 Å². The predicted octanol–water partition coefficient (Wildman–Crippen LogP) is 5.20. The Balaban J connectivity index is 1.66. The van der Waals surface area contributed by atoms with Crippen LogP contribution in [-0.4, -0.2) is 26.4 Å². The third kappa shape index (κ3) is 5.14. The second-order valence-corrected chi connectivity index (χ2v) is 8.25. The molecular formula is C20H25ClN4OS. The number of nitrogens with one attached hydrogen (secondary N) is 1. The minimum Gasteiger partial charge on any atom is -0.325 e. The Labute approximate surface area is 169 Å². The SMILES string of the molecule is C=CCn1c(SCC(=O)Nc2cc(Cl)ccc2C)nnc1C1CCCCC1. The zero-order chi connectivity index (χ0) is 19.2. The number of aryl methyl sites for hydroxylation is 1. The van der Waals surface area contributed by atoms with E-state index in [1.807, 2.05) is 25.1 Å². The van der Waals surface area contributed by atoms with Gasteiger partial charge in [-0.2, -0.15) is 0 Å². The largest absolute Gasteiger partial charge is 0.325 e.